The fourth-order valence-electron chi connectivity index (χ4n) is 3.13. The Morgan fingerprint density at radius 3 is 2.46 bits per heavy atom. The van der Waals surface area contributed by atoms with Gasteiger partial charge in [0.1, 0.15) is 5.75 Å². The number of aryl methyl sites for hydroxylation is 2. The van der Waals surface area contributed by atoms with E-state index in [2.05, 4.69) is 14.7 Å². The maximum absolute atomic E-state index is 12.7. The highest BCUT2D eigenvalue weighted by molar-refractivity contribution is 7.86. The monoisotopic (exact) mass is 511 g/mol. The number of ether oxygens (including phenoxy) is 1. The van der Waals surface area contributed by atoms with Crippen LogP contribution in [0.2, 0.25) is 0 Å². The van der Waals surface area contributed by atoms with Gasteiger partial charge in [-0.1, -0.05) is 51.5 Å². The number of aromatic nitrogens is 2. The van der Waals surface area contributed by atoms with Crippen LogP contribution in [0.1, 0.15) is 50.3 Å². The molecule has 0 bridgehead atoms. The van der Waals surface area contributed by atoms with Crippen molar-refractivity contribution in [2.24, 2.45) is 0 Å². The zero-order valence-corrected chi connectivity index (χ0v) is 20.7. The molecule has 1 aliphatic heterocycles. The first-order valence-corrected chi connectivity index (χ1v) is 12.5. The largest absolute Gasteiger partial charge is 0.493 e. The number of fused-ring (bicyclic) bond motifs is 1. The van der Waals surface area contributed by atoms with Crippen LogP contribution in [0.5, 0.6) is 5.75 Å². The van der Waals surface area contributed by atoms with Gasteiger partial charge in [0.05, 0.1) is 29.5 Å². The van der Waals surface area contributed by atoms with E-state index in [1.165, 1.54) is 12.1 Å². The van der Waals surface area contributed by atoms with Crippen molar-refractivity contribution < 1.29 is 26.5 Å². The Hall–Kier alpha value is -3.01. The van der Waals surface area contributed by atoms with E-state index in [0.717, 1.165) is 54.6 Å². The number of rotatable bonds is 5. The summed E-state index contributed by atoms with van der Waals surface area (Å²) in [5.41, 5.74) is 1.31. The minimum atomic E-state index is -4.22. The molecule has 0 aliphatic carbocycles. The molecule has 2 aromatic carbocycles. The number of nitrogens with one attached hydrogen (secondary N) is 1. The highest BCUT2D eigenvalue weighted by Gasteiger charge is 2.30. The first kappa shape index (κ1) is 28.2. The quantitative estimate of drug-likeness (QED) is 0.385. The Labute approximate surface area is 205 Å². The molecule has 1 N–H and O–H groups in total. The Balaban J connectivity index is 0.000000251. The first-order valence-electron chi connectivity index (χ1n) is 11.3. The van der Waals surface area contributed by atoms with Gasteiger partial charge in [-0.25, -0.2) is 18.6 Å². The van der Waals surface area contributed by atoms with Gasteiger partial charge in [-0.15, -0.1) is 0 Å². The van der Waals surface area contributed by atoms with Gasteiger partial charge in [-0.05, 0) is 48.6 Å². The van der Waals surface area contributed by atoms with E-state index in [4.69, 9.17) is 4.74 Å². The predicted molar refractivity (Wildman–Crippen MR) is 129 cm³/mol. The van der Waals surface area contributed by atoms with Crippen LogP contribution in [0, 0.1) is 5.82 Å². The van der Waals surface area contributed by atoms with Gasteiger partial charge in [0.2, 0.25) is 5.95 Å². The highest BCUT2D eigenvalue weighted by atomic mass is 32.2. The summed E-state index contributed by atoms with van der Waals surface area (Å²) in [6.45, 7) is 6.62. The minimum absolute atomic E-state index is 0.114. The highest BCUT2D eigenvalue weighted by Crippen LogP contribution is 2.30. The number of benzene rings is 2. The number of nitrogens with zero attached hydrogens (tertiary/aromatic N) is 2. The number of anilines is 1. The smallest absolute Gasteiger partial charge is 0.416 e. The van der Waals surface area contributed by atoms with Gasteiger partial charge in [-0.2, -0.15) is 13.2 Å². The lowest BCUT2D eigenvalue weighted by atomic mass is 10.1. The van der Waals surface area contributed by atoms with E-state index >= 15 is 0 Å². The minimum Gasteiger partial charge on any atom is -0.493 e. The molecule has 1 aromatic heterocycles. The Bertz CT molecular complexity index is 1090. The van der Waals surface area contributed by atoms with Gasteiger partial charge in [0.25, 0.3) is 0 Å². The second kappa shape index (κ2) is 13.8. The van der Waals surface area contributed by atoms with Gasteiger partial charge in [0.15, 0.2) is 16.8 Å². The van der Waals surface area contributed by atoms with Crippen molar-refractivity contribution in [3.8, 4) is 5.75 Å². The standard InChI is InChI=1S/C13H12FN3O2S.C10H11F3.C2H6/c14-10-7-15-13(16-8-10)17-20(18)11-4-3-9-2-1-5-19-12(9)6-11;1-2-4-8-5-3-6-9(7-8)10(11,12)13;1-2/h3-4,6-8H,1-2,5H2,(H,15,16,17);3,5-7H,2,4H2,1H3;1-2H3. The van der Waals surface area contributed by atoms with E-state index in [0.29, 0.717) is 17.9 Å². The van der Waals surface area contributed by atoms with Crippen LogP contribution in [0.15, 0.2) is 59.8 Å². The Morgan fingerprint density at radius 1 is 1.09 bits per heavy atom. The lowest BCUT2D eigenvalue weighted by Gasteiger charge is -2.17. The van der Waals surface area contributed by atoms with Crippen molar-refractivity contribution in [1.29, 1.82) is 0 Å². The number of hydrogen-bond donors (Lipinski definition) is 1. The van der Waals surface area contributed by atoms with Gasteiger partial charge in [0, 0.05) is 0 Å². The van der Waals surface area contributed by atoms with Crippen LogP contribution in [0.4, 0.5) is 23.5 Å². The van der Waals surface area contributed by atoms with Gasteiger partial charge in [-0.3, -0.25) is 4.72 Å². The molecule has 1 unspecified atom stereocenters. The fourth-order valence-corrected chi connectivity index (χ4v) is 3.93. The molecule has 5 nitrogen and oxygen atoms in total. The fraction of sp³-hybridized carbons (Fsp3) is 0.360. The zero-order valence-electron chi connectivity index (χ0n) is 19.9. The van der Waals surface area contributed by atoms with Crippen LogP contribution in [-0.2, 0) is 30.0 Å². The third-order valence-corrected chi connectivity index (χ3v) is 5.75. The Morgan fingerprint density at radius 2 is 1.80 bits per heavy atom. The molecular formula is C25H29F4N3O2S. The van der Waals surface area contributed by atoms with Crippen molar-refractivity contribution in [3.63, 3.8) is 0 Å². The molecule has 2 heterocycles. The molecule has 10 heteroatoms. The third kappa shape index (κ3) is 8.93. The summed E-state index contributed by atoms with van der Waals surface area (Å²) >= 11 is 0. The van der Waals surface area contributed by atoms with Crippen molar-refractivity contribution in [1.82, 2.24) is 9.97 Å². The normalized spacial score (nSPS) is 13.1. The second-order valence-corrected chi connectivity index (χ2v) is 8.48. The SMILES string of the molecule is CC.CCCc1cccc(C(F)(F)F)c1.O=S(Nc1ncc(F)cn1)c1ccc2c(c1)OCCC2. The van der Waals surface area contributed by atoms with Crippen LogP contribution in [0.25, 0.3) is 0 Å². The van der Waals surface area contributed by atoms with Crippen LogP contribution >= 0.6 is 0 Å². The van der Waals surface area contributed by atoms with E-state index in [9.17, 15) is 21.8 Å². The molecule has 0 radical (unpaired) electrons. The predicted octanol–water partition coefficient (Wildman–Crippen LogP) is 6.76. The van der Waals surface area contributed by atoms with Crippen molar-refractivity contribution >= 4 is 16.9 Å². The number of hydrogen-bond acceptors (Lipinski definition) is 4. The molecule has 0 saturated heterocycles. The molecule has 1 aliphatic rings. The molecule has 190 valence electrons. The van der Waals surface area contributed by atoms with Gasteiger partial charge >= 0.3 is 6.18 Å². The van der Waals surface area contributed by atoms with E-state index < -0.39 is 28.5 Å². The molecular weight excluding hydrogens is 482 g/mol. The Kier molecular flexibility index (Phi) is 11.1. The second-order valence-electron chi connectivity index (χ2n) is 7.27. The molecule has 3 aromatic rings. The molecule has 0 spiro atoms. The van der Waals surface area contributed by atoms with Crippen molar-refractivity contribution in [2.75, 3.05) is 11.3 Å². The zero-order chi connectivity index (χ0) is 25.8. The summed E-state index contributed by atoms with van der Waals surface area (Å²) in [4.78, 5) is 7.99. The third-order valence-electron chi connectivity index (χ3n) is 4.70. The summed E-state index contributed by atoms with van der Waals surface area (Å²) in [5.74, 6) is 0.343. The van der Waals surface area contributed by atoms with E-state index in [1.54, 1.807) is 18.2 Å². The molecule has 4 rings (SSSR count). The summed E-state index contributed by atoms with van der Waals surface area (Å²) in [5, 5.41) is 0. The average molecular weight is 512 g/mol. The molecule has 0 amide bonds. The average Bonchev–Trinajstić information content (AvgIpc) is 2.86. The number of halogens is 4. The molecule has 1 atom stereocenters. The van der Waals surface area contributed by atoms with Crippen molar-refractivity contribution in [2.45, 2.75) is 57.5 Å². The summed E-state index contributed by atoms with van der Waals surface area (Å²) in [6, 6.07) is 10.9. The van der Waals surface area contributed by atoms with E-state index in [1.807, 2.05) is 26.8 Å². The lowest BCUT2D eigenvalue weighted by Crippen LogP contribution is -2.11. The lowest BCUT2D eigenvalue weighted by molar-refractivity contribution is -0.137. The summed E-state index contributed by atoms with van der Waals surface area (Å²) in [7, 11) is -1.52. The first-order chi connectivity index (χ1) is 16.8. The van der Waals surface area contributed by atoms with Crippen LogP contribution in [0.3, 0.4) is 0 Å². The maximum atomic E-state index is 12.7. The summed E-state index contributed by atoms with van der Waals surface area (Å²) < 4.78 is 69.6. The topological polar surface area (TPSA) is 64.1 Å². The van der Waals surface area contributed by atoms with Crippen LogP contribution < -0.4 is 9.46 Å². The van der Waals surface area contributed by atoms with Gasteiger partial charge < -0.3 is 4.74 Å². The molecule has 0 saturated carbocycles. The maximum Gasteiger partial charge on any atom is 0.416 e. The van der Waals surface area contributed by atoms with E-state index in [-0.39, 0.29) is 5.95 Å². The molecule has 35 heavy (non-hydrogen) atoms. The molecule has 0 fully saturated rings. The van der Waals surface area contributed by atoms with Crippen LogP contribution in [-0.4, -0.2) is 20.8 Å². The summed E-state index contributed by atoms with van der Waals surface area (Å²) in [6.07, 6.45) is 1.34. The van der Waals surface area contributed by atoms with Crippen molar-refractivity contribution in [3.05, 3.63) is 77.4 Å². The number of alkyl halides is 3.